The molecule has 0 N–H and O–H groups in total. The van der Waals surface area contributed by atoms with E-state index < -0.39 is 17.9 Å². The molecule has 5 nitrogen and oxygen atoms in total. The van der Waals surface area contributed by atoms with E-state index in [9.17, 15) is 27.6 Å². The molecule has 4 aromatic rings. The van der Waals surface area contributed by atoms with Gasteiger partial charge in [-0.15, -0.1) is 11.8 Å². The number of rotatable bonds is 11. The average molecular weight is 628 g/mol. The minimum Gasteiger partial charge on any atom is -0.308 e. The number of hydrogen-bond acceptors (Lipinski definition) is 7. The lowest BCUT2D eigenvalue weighted by molar-refractivity contribution is -0.199. The summed E-state index contributed by atoms with van der Waals surface area (Å²) in [4.78, 5) is 43.4. The van der Waals surface area contributed by atoms with Crippen LogP contribution in [0.1, 0.15) is 32.7 Å². The summed E-state index contributed by atoms with van der Waals surface area (Å²) in [5.41, 5.74) is 0.992. The molecule has 0 atom stereocenters. The molecular formula is C31H21ClF3NO4S2. The van der Waals surface area contributed by atoms with Crippen LogP contribution in [0.4, 0.5) is 13.2 Å². The fourth-order valence-electron chi connectivity index (χ4n) is 3.55. The molecule has 0 unspecified atom stereocenters. The maximum atomic E-state index is 13.1. The molecule has 0 aromatic heterocycles. The predicted octanol–water partition coefficient (Wildman–Crippen LogP) is 8.55. The molecule has 0 aliphatic heterocycles. The van der Waals surface area contributed by atoms with Crippen LogP contribution in [-0.2, 0) is 9.63 Å². The molecule has 0 radical (unpaired) electrons. The summed E-state index contributed by atoms with van der Waals surface area (Å²) in [7, 11) is 0. The van der Waals surface area contributed by atoms with Crippen molar-refractivity contribution < 1.29 is 32.4 Å². The zero-order valence-corrected chi connectivity index (χ0v) is 24.0. The highest BCUT2D eigenvalue weighted by molar-refractivity contribution is 7.99. The Labute approximate surface area is 253 Å². The lowest BCUT2D eigenvalue weighted by Crippen LogP contribution is -2.25. The second-order valence-corrected chi connectivity index (χ2v) is 11.4. The molecule has 214 valence electrons. The fourth-order valence-corrected chi connectivity index (χ4v) is 5.36. The second kappa shape index (κ2) is 14.4. The first-order valence-electron chi connectivity index (χ1n) is 12.4. The van der Waals surface area contributed by atoms with Gasteiger partial charge in [-0.3, -0.25) is 9.59 Å². The van der Waals surface area contributed by atoms with Crippen LogP contribution >= 0.6 is 35.1 Å². The van der Waals surface area contributed by atoms with Gasteiger partial charge in [-0.2, -0.15) is 13.2 Å². The summed E-state index contributed by atoms with van der Waals surface area (Å²) in [5, 5.41) is 3.83. The normalized spacial score (nSPS) is 11.7. The minimum atomic E-state index is -5.25. The lowest BCUT2D eigenvalue weighted by atomic mass is 10.0. The largest absolute Gasteiger partial charge is 0.493 e. The predicted molar refractivity (Wildman–Crippen MR) is 158 cm³/mol. The van der Waals surface area contributed by atoms with Crippen LogP contribution in [0.2, 0.25) is 5.02 Å². The Balaban J connectivity index is 1.42. The summed E-state index contributed by atoms with van der Waals surface area (Å²) >= 11 is 8.62. The first-order valence-corrected chi connectivity index (χ1v) is 14.5. The van der Waals surface area contributed by atoms with Crippen molar-refractivity contribution in [3.05, 3.63) is 125 Å². The van der Waals surface area contributed by atoms with Gasteiger partial charge in [0.25, 0.3) is 0 Å². The SMILES string of the molecule is O=C(/C(CCSc1ccc(Cl)cc1)=N/OC(=O)C(F)(F)F)c1ccc(Sc2ccc(C(=O)c3ccccc3)cc2)cc1. The first-order chi connectivity index (χ1) is 20.1. The van der Waals surface area contributed by atoms with E-state index in [1.807, 2.05) is 18.2 Å². The Morgan fingerprint density at radius 3 is 1.81 bits per heavy atom. The van der Waals surface area contributed by atoms with Gasteiger partial charge in [0, 0.05) is 48.6 Å². The molecule has 0 saturated heterocycles. The zero-order valence-electron chi connectivity index (χ0n) is 21.6. The first kappa shape index (κ1) is 31.1. The van der Waals surface area contributed by atoms with Crippen LogP contribution in [0.3, 0.4) is 0 Å². The lowest BCUT2D eigenvalue weighted by Gasteiger charge is -2.08. The van der Waals surface area contributed by atoms with Gasteiger partial charge in [0.1, 0.15) is 5.71 Å². The summed E-state index contributed by atoms with van der Waals surface area (Å²) in [5.74, 6) is -2.98. The Kier molecular flexibility index (Phi) is 10.6. The standard InChI is InChI=1S/C31H21ClF3NO4S2/c32-23-10-16-24(17-11-23)41-19-18-27(36-40-30(39)31(33,34)35)29(38)22-8-14-26(15-9-22)42-25-12-6-21(7-13-25)28(37)20-4-2-1-3-5-20/h1-17H,18-19H2/b36-27+. The highest BCUT2D eigenvalue weighted by Gasteiger charge is 2.42. The van der Waals surface area contributed by atoms with E-state index in [-0.39, 0.29) is 29.2 Å². The van der Waals surface area contributed by atoms with Crippen LogP contribution in [-0.4, -0.2) is 35.2 Å². The van der Waals surface area contributed by atoms with Crippen molar-refractivity contribution in [2.75, 3.05) is 5.75 Å². The molecule has 4 rings (SSSR count). The van der Waals surface area contributed by atoms with Gasteiger partial charge in [-0.1, -0.05) is 58.9 Å². The van der Waals surface area contributed by atoms with Gasteiger partial charge >= 0.3 is 12.1 Å². The maximum absolute atomic E-state index is 13.1. The molecule has 0 saturated carbocycles. The number of alkyl halides is 3. The molecule has 0 aliphatic rings. The van der Waals surface area contributed by atoms with Crippen molar-refractivity contribution in [3.8, 4) is 0 Å². The number of oxime groups is 1. The number of halogens is 4. The minimum absolute atomic E-state index is 0.0538. The van der Waals surface area contributed by atoms with Gasteiger partial charge in [-0.05, 0) is 72.8 Å². The van der Waals surface area contributed by atoms with E-state index in [4.69, 9.17) is 11.6 Å². The van der Waals surface area contributed by atoms with Crippen molar-refractivity contribution in [1.82, 2.24) is 0 Å². The number of benzene rings is 4. The van der Waals surface area contributed by atoms with Crippen LogP contribution in [0.25, 0.3) is 0 Å². The topological polar surface area (TPSA) is 72.8 Å². The van der Waals surface area contributed by atoms with Gasteiger partial charge < -0.3 is 4.84 Å². The molecule has 0 amide bonds. The number of carbonyl (C=O) groups is 3. The molecule has 42 heavy (non-hydrogen) atoms. The second-order valence-electron chi connectivity index (χ2n) is 8.64. The monoisotopic (exact) mass is 627 g/mol. The maximum Gasteiger partial charge on any atom is 0.493 e. The quantitative estimate of drug-likeness (QED) is 0.0545. The van der Waals surface area contributed by atoms with Crippen LogP contribution in [0.5, 0.6) is 0 Å². The van der Waals surface area contributed by atoms with E-state index in [0.29, 0.717) is 16.1 Å². The van der Waals surface area contributed by atoms with Crippen molar-refractivity contribution >= 4 is 58.4 Å². The Morgan fingerprint density at radius 1 is 0.714 bits per heavy atom. The molecule has 0 bridgehead atoms. The van der Waals surface area contributed by atoms with Crippen LogP contribution in [0, 0.1) is 0 Å². The Hall–Kier alpha value is -3.86. The van der Waals surface area contributed by atoms with Crippen molar-refractivity contribution in [2.45, 2.75) is 27.3 Å². The van der Waals surface area contributed by atoms with Crippen LogP contribution in [0.15, 0.2) is 123 Å². The fraction of sp³-hybridized carbons (Fsp3) is 0.0968. The third-order valence-electron chi connectivity index (χ3n) is 5.66. The molecule has 4 aromatic carbocycles. The zero-order chi connectivity index (χ0) is 30.1. The summed E-state index contributed by atoms with van der Waals surface area (Å²) in [6, 6.07) is 29.4. The van der Waals surface area contributed by atoms with Gasteiger partial charge in [0.05, 0.1) is 0 Å². The third-order valence-corrected chi connectivity index (χ3v) is 7.94. The van der Waals surface area contributed by atoms with E-state index in [2.05, 4.69) is 9.99 Å². The number of Topliss-reactive ketones (excluding diaryl/α,β-unsaturated/α-hetero) is 1. The van der Waals surface area contributed by atoms with Gasteiger partial charge in [0.15, 0.2) is 5.78 Å². The van der Waals surface area contributed by atoms with E-state index in [1.54, 1.807) is 72.8 Å². The van der Waals surface area contributed by atoms with Crippen LogP contribution < -0.4 is 0 Å². The highest BCUT2D eigenvalue weighted by atomic mass is 35.5. The average Bonchev–Trinajstić information content (AvgIpc) is 2.99. The van der Waals surface area contributed by atoms with E-state index in [1.165, 1.54) is 35.7 Å². The number of nitrogens with zero attached hydrogens (tertiary/aromatic N) is 1. The van der Waals surface area contributed by atoms with Gasteiger partial charge in [-0.25, -0.2) is 4.79 Å². The van der Waals surface area contributed by atoms with Gasteiger partial charge in [0.2, 0.25) is 5.78 Å². The summed E-state index contributed by atoms with van der Waals surface area (Å²) in [6.45, 7) is 0. The Bertz CT molecular complexity index is 1580. The van der Waals surface area contributed by atoms with Crippen molar-refractivity contribution in [1.29, 1.82) is 0 Å². The summed E-state index contributed by atoms with van der Waals surface area (Å²) < 4.78 is 37.9. The van der Waals surface area contributed by atoms with Crippen molar-refractivity contribution in [3.63, 3.8) is 0 Å². The number of thioether (sulfide) groups is 1. The molecule has 11 heteroatoms. The molecule has 0 fully saturated rings. The molecule has 0 aliphatic carbocycles. The Morgan fingerprint density at radius 2 is 1.24 bits per heavy atom. The highest BCUT2D eigenvalue weighted by Crippen LogP contribution is 2.29. The third kappa shape index (κ3) is 8.82. The molecule has 0 heterocycles. The van der Waals surface area contributed by atoms with E-state index in [0.717, 1.165) is 14.7 Å². The molecule has 0 spiro atoms. The number of hydrogen-bond donors (Lipinski definition) is 0. The number of carbonyl (C=O) groups excluding carboxylic acids is 3. The number of ketones is 2. The molecular weight excluding hydrogens is 607 g/mol. The van der Waals surface area contributed by atoms with Crippen molar-refractivity contribution in [2.24, 2.45) is 5.16 Å². The van der Waals surface area contributed by atoms with E-state index >= 15 is 0 Å². The smallest absolute Gasteiger partial charge is 0.308 e. The summed E-state index contributed by atoms with van der Waals surface area (Å²) in [6.07, 6.45) is -5.30.